The number of nitrogens with one attached hydrogen (secondary N) is 3. The van der Waals surface area contributed by atoms with Crippen LogP contribution >= 0.6 is 0 Å². The molecule has 0 aromatic rings. The number of carbonyl (C=O) groups excluding carboxylic acids is 5. The topological polar surface area (TPSA) is 169 Å². The Balaban J connectivity index is 0.00000112. The molecule has 1 aliphatic rings. The van der Waals surface area contributed by atoms with Gasteiger partial charge in [0.1, 0.15) is 12.1 Å². The van der Waals surface area contributed by atoms with Gasteiger partial charge in [0.15, 0.2) is 0 Å². The second-order valence-electron chi connectivity index (χ2n) is 17.3. The Kier molecular flexibility index (Phi) is 30.5. The van der Waals surface area contributed by atoms with Gasteiger partial charge in [0.25, 0.3) is 0 Å². The van der Waals surface area contributed by atoms with Crippen molar-refractivity contribution < 1.29 is 43.3 Å². The summed E-state index contributed by atoms with van der Waals surface area (Å²) in [7, 11) is 2.70. The first-order valence-corrected chi connectivity index (χ1v) is 22.1. The molecule has 0 bridgehead atoms. The Morgan fingerprint density at radius 1 is 0.862 bits per heavy atom. The number of alkyl carbamates (subject to hydrolysis) is 1. The predicted octanol–water partition coefficient (Wildman–Crippen LogP) is 8.31. The molecule has 0 aromatic heterocycles. The maximum atomic E-state index is 13.3. The lowest BCUT2D eigenvalue weighted by atomic mass is 9.81. The summed E-state index contributed by atoms with van der Waals surface area (Å²) in [6.45, 7) is 19.8. The number of allylic oxidation sites excluding steroid dienone is 4. The number of esters is 2. The summed E-state index contributed by atoms with van der Waals surface area (Å²) in [6, 6.07) is -1.27. The van der Waals surface area contributed by atoms with E-state index in [2.05, 4.69) is 103 Å². The van der Waals surface area contributed by atoms with Gasteiger partial charge in [-0.05, 0) is 99.7 Å². The number of amides is 3. The van der Waals surface area contributed by atoms with Gasteiger partial charge < -0.3 is 35.3 Å². The second-order valence-corrected chi connectivity index (χ2v) is 17.3. The second kappa shape index (κ2) is 32.4. The molecular weight excluding hydrogens is 739 g/mol. The number of cyclic esters (lactones) is 1. The van der Waals surface area contributed by atoms with E-state index in [1.165, 1.54) is 14.2 Å². The molecule has 4 N–H and O–H groups in total. The van der Waals surface area contributed by atoms with Crippen LogP contribution in [-0.4, -0.2) is 81.0 Å². The molecule has 6 atom stereocenters. The Labute approximate surface area is 351 Å². The third-order valence-electron chi connectivity index (χ3n) is 10.1. The molecule has 3 amide bonds. The first kappa shape index (κ1) is 54.6. The van der Waals surface area contributed by atoms with E-state index in [0.29, 0.717) is 81.8 Å². The van der Waals surface area contributed by atoms with Crippen molar-refractivity contribution in [1.82, 2.24) is 16.0 Å². The van der Waals surface area contributed by atoms with Crippen LogP contribution in [0.15, 0.2) is 24.3 Å². The maximum absolute atomic E-state index is 13.3. The minimum absolute atomic E-state index is 0.00452. The minimum atomic E-state index is -0.677. The summed E-state index contributed by atoms with van der Waals surface area (Å²) >= 11 is 0. The number of aliphatic hydroxyl groups is 1. The zero-order valence-electron chi connectivity index (χ0n) is 38.1. The van der Waals surface area contributed by atoms with Crippen LogP contribution in [0.1, 0.15) is 146 Å². The van der Waals surface area contributed by atoms with Crippen LogP contribution in [0.5, 0.6) is 0 Å². The Hall–Kier alpha value is -3.41. The molecule has 1 fully saturated rings. The summed E-state index contributed by atoms with van der Waals surface area (Å²) in [4.78, 5) is 62.7. The van der Waals surface area contributed by atoms with E-state index < -0.39 is 24.1 Å². The van der Waals surface area contributed by atoms with Crippen LogP contribution in [0, 0.1) is 47.3 Å². The van der Waals surface area contributed by atoms with Gasteiger partial charge in [-0.1, -0.05) is 106 Å². The highest BCUT2D eigenvalue weighted by Crippen LogP contribution is 2.29. The smallest absolute Gasteiger partial charge is 0.407 e. The van der Waals surface area contributed by atoms with Gasteiger partial charge in [0.05, 0.1) is 20.8 Å². The van der Waals surface area contributed by atoms with Gasteiger partial charge in [0, 0.05) is 25.0 Å². The van der Waals surface area contributed by atoms with E-state index in [-0.39, 0.29) is 48.1 Å². The lowest BCUT2D eigenvalue weighted by molar-refractivity contribution is -0.146. The lowest BCUT2D eigenvalue weighted by Gasteiger charge is -2.28. The molecule has 12 nitrogen and oxygen atoms in total. The Morgan fingerprint density at radius 2 is 1.55 bits per heavy atom. The van der Waals surface area contributed by atoms with E-state index in [1.54, 1.807) is 0 Å². The van der Waals surface area contributed by atoms with Crippen LogP contribution < -0.4 is 16.0 Å². The molecule has 12 heteroatoms. The van der Waals surface area contributed by atoms with Crippen molar-refractivity contribution in [3.63, 3.8) is 0 Å². The van der Waals surface area contributed by atoms with Crippen LogP contribution in [0.3, 0.4) is 0 Å². The number of carbonyl (C=O) groups is 5. The summed E-state index contributed by atoms with van der Waals surface area (Å²) in [5, 5.41) is 17.9. The molecule has 0 unspecified atom stereocenters. The van der Waals surface area contributed by atoms with E-state index in [1.807, 2.05) is 0 Å². The van der Waals surface area contributed by atoms with E-state index in [9.17, 15) is 29.1 Å². The number of hydrogen-bond donors (Lipinski definition) is 4. The average molecular weight is 822 g/mol. The molecule has 1 heterocycles. The summed E-state index contributed by atoms with van der Waals surface area (Å²) < 4.78 is 15.1. The normalized spacial score (nSPS) is 20.3. The number of ether oxygens (including phenoxy) is 3. The number of methoxy groups -OCH3 is 2. The quantitative estimate of drug-likeness (QED) is 0.0408. The van der Waals surface area contributed by atoms with Crippen molar-refractivity contribution in [3.8, 4) is 0 Å². The van der Waals surface area contributed by atoms with Crippen LogP contribution in [0.25, 0.3) is 0 Å². The van der Waals surface area contributed by atoms with Crippen molar-refractivity contribution in [2.24, 2.45) is 47.3 Å². The van der Waals surface area contributed by atoms with Crippen molar-refractivity contribution in [3.05, 3.63) is 24.3 Å². The molecule has 1 saturated heterocycles. The molecule has 336 valence electrons. The molecule has 0 aliphatic carbocycles. The minimum Gasteiger partial charge on any atom is -0.467 e. The zero-order chi connectivity index (χ0) is 44.0. The number of aliphatic hydroxyl groups excluding tert-OH is 1. The number of unbranched alkanes of at least 4 members (excludes halogenated alkanes) is 2. The predicted molar refractivity (Wildman–Crippen MR) is 232 cm³/mol. The molecule has 0 aromatic carbocycles. The first-order valence-electron chi connectivity index (χ1n) is 22.1. The van der Waals surface area contributed by atoms with Crippen LogP contribution in [0.2, 0.25) is 0 Å². The van der Waals surface area contributed by atoms with Gasteiger partial charge in [-0.25, -0.2) is 14.4 Å². The molecule has 0 spiro atoms. The monoisotopic (exact) mass is 822 g/mol. The third-order valence-corrected chi connectivity index (χ3v) is 10.1. The first-order chi connectivity index (χ1) is 27.5. The third kappa shape index (κ3) is 25.2. The maximum Gasteiger partial charge on any atom is 0.407 e. The standard InChI is InChI=1S/C23H40N2O5.C23H43NO4/c1-16(2)11-12-18-9-8-14-30-23(28)24-13-7-6-10-20(22(27)29-5)25-21(26)19(18)15-17(3)4;1-7-8-9-12-21(23(27)28-6)24-22(26)20(16-18(4)5)19(11-10-15-25)14-13-17(2)3/h11-12,16-20H,6-10,13-15H2,1-5H3,(H,24,28)(H,25,26);13-14,17-21,25H,7-12,15-16H2,1-6H3,(H,24,26)/b12-11+;14-13+/t18-,19-,20+;19-,20-,21+/m11/s1. The SMILES string of the molecule is CCCCC[C@H](NC(=O)[C@H](CC(C)C)[C@@H](/C=C/C(C)C)CCCO)C(=O)OC.COC(=O)[C@@H]1CCCCNC(=O)OCCC[C@H](/C=C/C(C)C)[C@@H](CC(C)C)C(=O)N1. The van der Waals surface area contributed by atoms with E-state index in [4.69, 9.17) is 14.2 Å². The molecule has 0 radical (unpaired) electrons. The Bertz CT molecular complexity index is 1220. The van der Waals surface area contributed by atoms with Crippen LogP contribution in [0.4, 0.5) is 4.79 Å². The molecule has 1 aliphatic heterocycles. The zero-order valence-corrected chi connectivity index (χ0v) is 38.1. The van der Waals surface area contributed by atoms with E-state index >= 15 is 0 Å². The molecular formula is C46H83N3O9. The van der Waals surface area contributed by atoms with E-state index in [0.717, 1.165) is 38.5 Å². The summed E-state index contributed by atoms with van der Waals surface area (Å²) in [5.41, 5.74) is 0. The van der Waals surface area contributed by atoms with Gasteiger partial charge in [0.2, 0.25) is 11.8 Å². The fraction of sp³-hybridized carbons (Fsp3) is 0.804. The van der Waals surface area contributed by atoms with Gasteiger partial charge in [-0.3, -0.25) is 9.59 Å². The highest BCUT2D eigenvalue weighted by Gasteiger charge is 2.32. The van der Waals surface area contributed by atoms with Crippen molar-refractivity contribution in [1.29, 1.82) is 0 Å². The largest absolute Gasteiger partial charge is 0.467 e. The average Bonchev–Trinajstić information content (AvgIpc) is 3.17. The highest BCUT2D eigenvalue weighted by atomic mass is 16.5. The summed E-state index contributed by atoms with van der Waals surface area (Å²) in [6.07, 6.45) is 17.7. The van der Waals surface area contributed by atoms with Gasteiger partial charge in [-0.2, -0.15) is 0 Å². The Morgan fingerprint density at radius 3 is 2.12 bits per heavy atom. The van der Waals surface area contributed by atoms with Crippen LogP contribution in [-0.2, 0) is 33.4 Å². The highest BCUT2D eigenvalue weighted by molar-refractivity contribution is 5.86. The van der Waals surface area contributed by atoms with Gasteiger partial charge >= 0.3 is 18.0 Å². The summed E-state index contributed by atoms with van der Waals surface area (Å²) in [5.74, 6) is 0.0227. The molecule has 0 saturated carbocycles. The van der Waals surface area contributed by atoms with Crippen molar-refractivity contribution >= 4 is 29.8 Å². The van der Waals surface area contributed by atoms with Crippen molar-refractivity contribution in [2.75, 3.05) is 34.0 Å². The lowest BCUT2D eigenvalue weighted by Crippen LogP contribution is -2.46. The van der Waals surface area contributed by atoms with Crippen molar-refractivity contribution in [2.45, 2.75) is 158 Å². The fourth-order valence-corrected chi connectivity index (χ4v) is 7.03. The molecule has 58 heavy (non-hydrogen) atoms. The van der Waals surface area contributed by atoms with Gasteiger partial charge in [-0.15, -0.1) is 0 Å². The number of rotatable bonds is 20. The fourth-order valence-electron chi connectivity index (χ4n) is 7.03. The number of hydrogen-bond acceptors (Lipinski definition) is 9. The molecule has 1 rings (SSSR count).